The number of esters is 1. The van der Waals surface area contributed by atoms with E-state index in [0.717, 1.165) is 16.9 Å². The van der Waals surface area contributed by atoms with Crippen LogP contribution in [0.2, 0.25) is 0 Å². The highest BCUT2D eigenvalue weighted by molar-refractivity contribution is 5.82. The fourth-order valence-electron chi connectivity index (χ4n) is 3.01. The van der Waals surface area contributed by atoms with Crippen molar-refractivity contribution in [1.29, 1.82) is 0 Å². The molecule has 0 aliphatic carbocycles. The molecule has 0 bridgehead atoms. The predicted octanol–water partition coefficient (Wildman–Crippen LogP) is 3.91. The summed E-state index contributed by atoms with van der Waals surface area (Å²) in [5.74, 6) is 0.257. The van der Waals surface area contributed by atoms with Gasteiger partial charge in [0.1, 0.15) is 11.5 Å². The van der Waals surface area contributed by atoms with Gasteiger partial charge < -0.3 is 19.5 Å². The van der Waals surface area contributed by atoms with Crippen molar-refractivity contribution in [3.8, 4) is 11.5 Å². The predicted molar refractivity (Wildman–Crippen MR) is 117 cm³/mol. The van der Waals surface area contributed by atoms with E-state index in [1.807, 2.05) is 72.8 Å². The molecule has 0 saturated heterocycles. The second-order valence-corrected chi connectivity index (χ2v) is 6.87. The summed E-state index contributed by atoms with van der Waals surface area (Å²) in [5, 5.41) is 2.93. The molecule has 0 spiro atoms. The van der Waals surface area contributed by atoms with Crippen LogP contribution in [0.5, 0.6) is 11.5 Å². The first kappa shape index (κ1) is 21.9. The molecule has 160 valence electrons. The Morgan fingerprint density at radius 2 is 1.39 bits per heavy atom. The smallest absolute Gasteiger partial charge is 0.347 e. The van der Waals surface area contributed by atoms with Gasteiger partial charge in [-0.05, 0) is 42.3 Å². The number of rotatable bonds is 9. The summed E-state index contributed by atoms with van der Waals surface area (Å²) < 4.78 is 15.9. The van der Waals surface area contributed by atoms with E-state index in [9.17, 15) is 9.59 Å². The molecule has 0 heterocycles. The van der Waals surface area contributed by atoms with E-state index < -0.39 is 30.6 Å². The summed E-state index contributed by atoms with van der Waals surface area (Å²) in [6.45, 7) is 1.18. The standard InChI is InChI=1S/C25H25NO5/c1-18(31-22-11-7-4-8-12-22)25(28)30-17-23(27)26-24(19-9-5-3-6-10-19)20-13-15-21(29-2)16-14-20/h3-16,18,24H,17H2,1-2H3,(H,26,27)/t18-,24+/m1/s1. The Labute approximate surface area is 181 Å². The van der Waals surface area contributed by atoms with Crippen molar-refractivity contribution in [3.63, 3.8) is 0 Å². The van der Waals surface area contributed by atoms with E-state index in [2.05, 4.69) is 5.32 Å². The Morgan fingerprint density at radius 1 is 0.806 bits per heavy atom. The zero-order valence-corrected chi connectivity index (χ0v) is 17.5. The minimum absolute atomic E-state index is 0.392. The first-order valence-electron chi connectivity index (χ1n) is 9.93. The first-order chi connectivity index (χ1) is 15.1. The highest BCUT2D eigenvalue weighted by atomic mass is 16.6. The number of carbonyl (C=O) groups excluding carboxylic acids is 2. The van der Waals surface area contributed by atoms with E-state index in [1.165, 1.54) is 0 Å². The molecular formula is C25H25NO5. The minimum atomic E-state index is -0.832. The van der Waals surface area contributed by atoms with Gasteiger partial charge in [0.15, 0.2) is 12.7 Å². The van der Waals surface area contributed by atoms with E-state index >= 15 is 0 Å². The van der Waals surface area contributed by atoms with E-state index in [4.69, 9.17) is 14.2 Å². The van der Waals surface area contributed by atoms with Crippen molar-refractivity contribution in [2.24, 2.45) is 0 Å². The maximum absolute atomic E-state index is 12.6. The fourth-order valence-corrected chi connectivity index (χ4v) is 3.01. The molecule has 3 rings (SSSR count). The largest absolute Gasteiger partial charge is 0.497 e. The number of methoxy groups -OCH3 is 1. The normalized spacial score (nSPS) is 12.3. The van der Waals surface area contributed by atoms with Crippen LogP contribution in [0.4, 0.5) is 0 Å². The summed E-state index contributed by atoms with van der Waals surface area (Å²) >= 11 is 0. The van der Waals surface area contributed by atoms with E-state index in [1.54, 1.807) is 26.2 Å². The van der Waals surface area contributed by atoms with Crippen molar-refractivity contribution in [1.82, 2.24) is 5.32 Å². The molecule has 1 amide bonds. The number of para-hydroxylation sites is 1. The SMILES string of the molecule is COc1ccc([C@@H](NC(=O)COC(=O)[C@@H](C)Oc2ccccc2)c2ccccc2)cc1. The first-order valence-corrected chi connectivity index (χ1v) is 9.93. The van der Waals surface area contributed by atoms with Crippen LogP contribution in [0.1, 0.15) is 24.1 Å². The monoisotopic (exact) mass is 419 g/mol. The van der Waals surface area contributed by atoms with Crippen LogP contribution in [0.15, 0.2) is 84.9 Å². The summed E-state index contributed by atoms with van der Waals surface area (Å²) in [4.78, 5) is 24.8. The average molecular weight is 419 g/mol. The minimum Gasteiger partial charge on any atom is -0.497 e. The Balaban J connectivity index is 1.61. The molecule has 0 unspecified atom stereocenters. The van der Waals surface area contributed by atoms with Crippen LogP contribution in [-0.4, -0.2) is 31.7 Å². The third kappa shape index (κ3) is 6.34. The Morgan fingerprint density at radius 3 is 2.00 bits per heavy atom. The second-order valence-electron chi connectivity index (χ2n) is 6.87. The highest BCUT2D eigenvalue weighted by Crippen LogP contribution is 2.24. The lowest BCUT2D eigenvalue weighted by atomic mass is 9.98. The molecule has 0 aromatic heterocycles. The van der Waals surface area contributed by atoms with Gasteiger partial charge in [0.2, 0.25) is 0 Å². The van der Waals surface area contributed by atoms with Gasteiger partial charge in [0, 0.05) is 0 Å². The molecule has 6 heteroatoms. The summed E-state index contributed by atoms with van der Waals surface area (Å²) in [6.07, 6.45) is -0.832. The van der Waals surface area contributed by atoms with Gasteiger partial charge in [0.05, 0.1) is 13.2 Å². The number of benzene rings is 3. The lowest BCUT2D eigenvalue weighted by Crippen LogP contribution is -2.35. The van der Waals surface area contributed by atoms with Gasteiger partial charge in [-0.1, -0.05) is 60.7 Å². The van der Waals surface area contributed by atoms with E-state index in [-0.39, 0.29) is 0 Å². The topological polar surface area (TPSA) is 73.9 Å². The van der Waals surface area contributed by atoms with Crippen molar-refractivity contribution in [2.45, 2.75) is 19.1 Å². The van der Waals surface area contributed by atoms with Gasteiger partial charge in [0.25, 0.3) is 5.91 Å². The summed E-state index contributed by atoms with van der Waals surface area (Å²) in [5.41, 5.74) is 1.79. The molecule has 0 radical (unpaired) electrons. The third-order valence-corrected chi connectivity index (χ3v) is 4.62. The van der Waals surface area contributed by atoms with Gasteiger partial charge >= 0.3 is 5.97 Å². The lowest BCUT2D eigenvalue weighted by molar-refractivity contribution is -0.154. The summed E-state index contributed by atoms with van der Waals surface area (Å²) in [6, 6.07) is 25.6. The van der Waals surface area contributed by atoms with E-state index in [0.29, 0.717) is 5.75 Å². The van der Waals surface area contributed by atoms with Crippen molar-refractivity contribution in [2.75, 3.05) is 13.7 Å². The molecule has 3 aromatic rings. The van der Waals surface area contributed by atoms with Crippen LogP contribution in [0.25, 0.3) is 0 Å². The summed E-state index contributed by atoms with van der Waals surface area (Å²) in [7, 11) is 1.60. The molecule has 0 saturated carbocycles. The second kappa shape index (κ2) is 10.8. The number of carbonyl (C=O) groups is 2. The number of amides is 1. The molecule has 2 atom stereocenters. The highest BCUT2D eigenvalue weighted by Gasteiger charge is 2.21. The van der Waals surface area contributed by atoms with Gasteiger partial charge in [-0.15, -0.1) is 0 Å². The molecule has 0 aliphatic rings. The van der Waals surface area contributed by atoms with Crippen LogP contribution in [0.3, 0.4) is 0 Å². The Hall–Kier alpha value is -3.80. The Kier molecular flexibility index (Phi) is 7.65. The molecule has 1 N–H and O–H groups in total. The maximum Gasteiger partial charge on any atom is 0.347 e. The lowest BCUT2D eigenvalue weighted by Gasteiger charge is -2.20. The molecular weight excluding hydrogens is 394 g/mol. The molecule has 0 fully saturated rings. The zero-order valence-electron chi connectivity index (χ0n) is 17.5. The number of hydrogen-bond donors (Lipinski definition) is 1. The van der Waals surface area contributed by atoms with Crippen LogP contribution < -0.4 is 14.8 Å². The average Bonchev–Trinajstić information content (AvgIpc) is 2.82. The third-order valence-electron chi connectivity index (χ3n) is 4.62. The van der Waals surface area contributed by atoms with Crippen LogP contribution >= 0.6 is 0 Å². The maximum atomic E-state index is 12.6. The number of hydrogen-bond acceptors (Lipinski definition) is 5. The molecule has 0 aliphatic heterocycles. The fraction of sp³-hybridized carbons (Fsp3) is 0.200. The number of ether oxygens (including phenoxy) is 3. The van der Waals surface area contributed by atoms with Gasteiger partial charge in [-0.25, -0.2) is 4.79 Å². The zero-order chi connectivity index (χ0) is 22.1. The van der Waals surface area contributed by atoms with Crippen LogP contribution in [0, 0.1) is 0 Å². The van der Waals surface area contributed by atoms with Crippen molar-refractivity contribution in [3.05, 3.63) is 96.1 Å². The molecule has 31 heavy (non-hydrogen) atoms. The van der Waals surface area contributed by atoms with Crippen molar-refractivity contribution < 1.29 is 23.8 Å². The van der Waals surface area contributed by atoms with Crippen LogP contribution in [-0.2, 0) is 14.3 Å². The Bertz CT molecular complexity index is 974. The molecule has 6 nitrogen and oxygen atoms in total. The van der Waals surface area contributed by atoms with Crippen molar-refractivity contribution >= 4 is 11.9 Å². The van der Waals surface area contributed by atoms with Gasteiger partial charge in [-0.2, -0.15) is 0 Å². The van der Waals surface area contributed by atoms with Gasteiger partial charge in [-0.3, -0.25) is 4.79 Å². The quantitative estimate of drug-likeness (QED) is 0.533. The number of nitrogens with one attached hydrogen (secondary N) is 1. The molecule has 3 aromatic carbocycles.